The third kappa shape index (κ3) is 1.83. The Labute approximate surface area is 113 Å². The number of carboxylic acid groups (broad SMARTS) is 1. The van der Waals surface area contributed by atoms with Crippen LogP contribution >= 0.6 is 0 Å². The molecule has 3 aromatic rings. The van der Waals surface area contributed by atoms with Crippen molar-refractivity contribution in [2.75, 3.05) is 0 Å². The van der Waals surface area contributed by atoms with Crippen molar-refractivity contribution >= 4 is 17.0 Å². The number of phenols is 2. The van der Waals surface area contributed by atoms with Crippen LogP contribution in [0.3, 0.4) is 0 Å². The molecule has 0 radical (unpaired) electrons. The van der Waals surface area contributed by atoms with Crippen LogP contribution in [0.4, 0.5) is 0 Å². The molecule has 6 heteroatoms. The van der Waals surface area contributed by atoms with Crippen molar-refractivity contribution in [1.29, 1.82) is 0 Å². The number of nitrogens with zero attached hydrogens (tertiary/aromatic N) is 1. The van der Waals surface area contributed by atoms with Crippen molar-refractivity contribution in [3.05, 3.63) is 42.0 Å². The number of aromatic nitrogens is 2. The highest BCUT2D eigenvalue weighted by atomic mass is 16.4. The van der Waals surface area contributed by atoms with E-state index in [0.29, 0.717) is 11.3 Å². The van der Waals surface area contributed by atoms with Gasteiger partial charge in [-0.2, -0.15) is 0 Å². The van der Waals surface area contributed by atoms with Gasteiger partial charge in [0.15, 0.2) is 0 Å². The summed E-state index contributed by atoms with van der Waals surface area (Å²) < 4.78 is 0. The Kier molecular flexibility index (Phi) is 2.57. The molecule has 0 fully saturated rings. The highest BCUT2D eigenvalue weighted by Crippen LogP contribution is 2.34. The first-order valence-electron chi connectivity index (χ1n) is 5.80. The Bertz CT molecular complexity index is 790. The molecule has 1 heterocycles. The molecule has 0 saturated carbocycles. The number of carboxylic acids is 1. The van der Waals surface area contributed by atoms with E-state index in [1.54, 1.807) is 6.07 Å². The Morgan fingerprint density at radius 2 is 1.85 bits per heavy atom. The van der Waals surface area contributed by atoms with E-state index in [-0.39, 0.29) is 16.9 Å². The number of nitrogens with one attached hydrogen (secondary N) is 1. The Morgan fingerprint density at radius 1 is 1.10 bits per heavy atom. The minimum absolute atomic E-state index is 0.240. The lowest BCUT2D eigenvalue weighted by atomic mass is 10.1. The minimum atomic E-state index is -1.31. The van der Waals surface area contributed by atoms with Crippen LogP contribution in [0.15, 0.2) is 36.4 Å². The van der Waals surface area contributed by atoms with E-state index in [1.807, 2.05) is 18.2 Å². The van der Waals surface area contributed by atoms with Crippen LogP contribution in [0.2, 0.25) is 0 Å². The van der Waals surface area contributed by atoms with Gasteiger partial charge in [-0.15, -0.1) is 0 Å². The zero-order chi connectivity index (χ0) is 14.3. The first-order chi connectivity index (χ1) is 9.56. The molecule has 6 nitrogen and oxygen atoms in total. The molecule has 0 aliphatic carbocycles. The smallest absolute Gasteiger partial charge is 0.339 e. The van der Waals surface area contributed by atoms with Gasteiger partial charge in [-0.1, -0.05) is 12.1 Å². The average molecular weight is 270 g/mol. The van der Waals surface area contributed by atoms with E-state index in [1.165, 1.54) is 6.07 Å². The van der Waals surface area contributed by atoms with Crippen LogP contribution < -0.4 is 0 Å². The number of carbonyl (C=O) groups is 1. The average Bonchev–Trinajstić information content (AvgIpc) is 2.84. The summed E-state index contributed by atoms with van der Waals surface area (Å²) in [5, 5.41) is 28.5. The molecule has 20 heavy (non-hydrogen) atoms. The lowest BCUT2D eigenvalue weighted by molar-refractivity contribution is 0.0693. The molecule has 100 valence electrons. The molecule has 1 aromatic heterocycles. The normalized spacial score (nSPS) is 10.8. The summed E-state index contributed by atoms with van der Waals surface area (Å²) in [4.78, 5) is 18.2. The van der Waals surface area contributed by atoms with Gasteiger partial charge < -0.3 is 20.3 Å². The highest BCUT2D eigenvalue weighted by Gasteiger charge is 2.17. The minimum Gasteiger partial charge on any atom is -0.507 e. The van der Waals surface area contributed by atoms with E-state index >= 15 is 0 Å². The van der Waals surface area contributed by atoms with Gasteiger partial charge in [-0.3, -0.25) is 0 Å². The zero-order valence-corrected chi connectivity index (χ0v) is 10.2. The molecular weight excluding hydrogens is 260 g/mol. The van der Waals surface area contributed by atoms with Gasteiger partial charge in [0.2, 0.25) is 0 Å². The van der Waals surface area contributed by atoms with Gasteiger partial charge in [-0.05, 0) is 24.3 Å². The second kappa shape index (κ2) is 4.27. The second-order valence-corrected chi connectivity index (χ2v) is 4.29. The van der Waals surface area contributed by atoms with E-state index < -0.39 is 11.7 Å². The number of phenolic OH excluding ortho intramolecular Hbond substituents is 1. The fraction of sp³-hybridized carbons (Fsp3) is 0. The number of imidazole rings is 1. The molecule has 0 saturated heterocycles. The molecule has 4 N–H and O–H groups in total. The quantitative estimate of drug-likeness (QED) is 0.535. The van der Waals surface area contributed by atoms with Gasteiger partial charge in [0.25, 0.3) is 0 Å². The van der Waals surface area contributed by atoms with Crippen LogP contribution in [0.1, 0.15) is 10.4 Å². The Morgan fingerprint density at radius 3 is 2.55 bits per heavy atom. The van der Waals surface area contributed by atoms with Crippen LogP contribution in [0.25, 0.3) is 22.4 Å². The lowest BCUT2D eigenvalue weighted by Crippen LogP contribution is -1.97. The van der Waals surface area contributed by atoms with Crippen molar-refractivity contribution < 1.29 is 20.1 Å². The standard InChI is InChI=1S/C14H10N2O4/c17-11-6-8(14(19)20)12(18)5-7(11)13-15-9-3-1-2-4-10(9)16-13/h1-6,17-18H,(H,15,16)(H,19,20). The summed E-state index contributed by atoms with van der Waals surface area (Å²) in [6.07, 6.45) is 0. The summed E-state index contributed by atoms with van der Waals surface area (Å²) >= 11 is 0. The van der Waals surface area contributed by atoms with E-state index in [9.17, 15) is 15.0 Å². The molecule has 2 aromatic carbocycles. The molecule has 0 unspecified atom stereocenters. The number of aromatic hydroxyl groups is 2. The van der Waals surface area contributed by atoms with Crippen LogP contribution in [0.5, 0.6) is 11.5 Å². The molecule has 0 spiro atoms. The van der Waals surface area contributed by atoms with Crippen LogP contribution in [-0.2, 0) is 0 Å². The maximum atomic E-state index is 10.9. The van der Waals surface area contributed by atoms with Crippen molar-refractivity contribution in [2.24, 2.45) is 0 Å². The number of aromatic amines is 1. The first kappa shape index (κ1) is 12.0. The molecule has 0 aliphatic heterocycles. The summed E-state index contributed by atoms with van der Waals surface area (Å²) in [6.45, 7) is 0. The van der Waals surface area contributed by atoms with Crippen LogP contribution in [-0.4, -0.2) is 31.3 Å². The monoisotopic (exact) mass is 270 g/mol. The number of fused-ring (bicyclic) bond motifs is 1. The summed E-state index contributed by atoms with van der Waals surface area (Å²) in [6, 6.07) is 9.48. The van der Waals surface area contributed by atoms with E-state index in [2.05, 4.69) is 9.97 Å². The van der Waals surface area contributed by atoms with Crippen molar-refractivity contribution in [1.82, 2.24) is 9.97 Å². The number of H-pyrrole nitrogens is 1. The Hall–Kier alpha value is -3.02. The summed E-state index contributed by atoms with van der Waals surface area (Å²) in [7, 11) is 0. The fourth-order valence-electron chi connectivity index (χ4n) is 2.02. The number of hydrogen-bond donors (Lipinski definition) is 4. The third-order valence-electron chi connectivity index (χ3n) is 2.99. The largest absolute Gasteiger partial charge is 0.507 e. The van der Waals surface area contributed by atoms with Gasteiger partial charge in [0.05, 0.1) is 16.6 Å². The maximum Gasteiger partial charge on any atom is 0.339 e. The number of benzene rings is 2. The molecule has 0 aliphatic rings. The number of aromatic carboxylic acids is 1. The predicted molar refractivity (Wildman–Crippen MR) is 71.8 cm³/mol. The Balaban J connectivity index is 2.19. The van der Waals surface area contributed by atoms with Crippen molar-refractivity contribution in [3.63, 3.8) is 0 Å². The van der Waals surface area contributed by atoms with Gasteiger partial charge in [-0.25, -0.2) is 9.78 Å². The first-order valence-corrected chi connectivity index (χ1v) is 5.80. The van der Waals surface area contributed by atoms with Gasteiger partial charge in [0.1, 0.15) is 22.9 Å². The van der Waals surface area contributed by atoms with Gasteiger partial charge in [0, 0.05) is 0 Å². The van der Waals surface area contributed by atoms with E-state index in [0.717, 1.165) is 11.6 Å². The number of rotatable bonds is 2. The fourth-order valence-corrected chi connectivity index (χ4v) is 2.02. The van der Waals surface area contributed by atoms with E-state index in [4.69, 9.17) is 5.11 Å². The molecule has 0 bridgehead atoms. The highest BCUT2D eigenvalue weighted by molar-refractivity contribution is 5.93. The SMILES string of the molecule is O=C(O)c1cc(O)c(-c2nc3ccccc3[nH]2)cc1O. The number of hydrogen-bond acceptors (Lipinski definition) is 4. The summed E-state index contributed by atoms with van der Waals surface area (Å²) in [5.74, 6) is -1.64. The van der Waals surface area contributed by atoms with Crippen molar-refractivity contribution in [2.45, 2.75) is 0 Å². The van der Waals surface area contributed by atoms with Crippen molar-refractivity contribution in [3.8, 4) is 22.9 Å². The van der Waals surface area contributed by atoms with Crippen LogP contribution in [0, 0.1) is 0 Å². The predicted octanol–water partition coefficient (Wildman–Crippen LogP) is 2.34. The topological polar surface area (TPSA) is 106 Å². The second-order valence-electron chi connectivity index (χ2n) is 4.29. The molecular formula is C14H10N2O4. The zero-order valence-electron chi connectivity index (χ0n) is 10.2. The lowest BCUT2D eigenvalue weighted by Gasteiger charge is -2.05. The summed E-state index contributed by atoms with van der Waals surface area (Å²) in [5.41, 5.74) is 1.37. The van der Waals surface area contributed by atoms with Gasteiger partial charge >= 0.3 is 5.97 Å². The number of para-hydroxylation sites is 2. The third-order valence-corrected chi connectivity index (χ3v) is 2.99. The maximum absolute atomic E-state index is 10.9. The molecule has 0 amide bonds. The molecule has 0 atom stereocenters. The molecule has 3 rings (SSSR count).